The number of ether oxygens (including phenoxy) is 1. The Balaban J connectivity index is 1.73. The first-order valence-electron chi connectivity index (χ1n) is 7.04. The van der Waals surface area contributed by atoms with E-state index in [-0.39, 0.29) is 19.3 Å². The van der Waals surface area contributed by atoms with E-state index in [1.54, 1.807) is 11.8 Å². The minimum absolute atomic E-state index is 0.125. The van der Waals surface area contributed by atoms with Crippen LogP contribution in [0.15, 0.2) is 65.6 Å². The lowest BCUT2D eigenvalue weighted by atomic mass is 10.2. The molecule has 2 aromatic rings. The highest BCUT2D eigenvalue weighted by molar-refractivity contribution is 7.99. The molecule has 4 nitrogen and oxygen atoms in total. The molecular formula is C17H19NO3S. The fourth-order valence-corrected chi connectivity index (χ4v) is 2.72. The van der Waals surface area contributed by atoms with Crippen LogP contribution in [0.2, 0.25) is 0 Å². The van der Waals surface area contributed by atoms with Crippen molar-refractivity contribution < 1.29 is 14.6 Å². The maximum absolute atomic E-state index is 11.7. The summed E-state index contributed by atoms with van der Waals surface area (Å²) in [5, 5.41) is 12.0. The van der Waals surface area contributed by atoms with Crippen molar-refractivity contribution in [2.75, 3.05) is 12.4 Å². The fraction of sp³-hybridized carbons (Fsp3) is 0.235. The Labute approximate surface area is 134 Å². The maximum atomic E-state index is 11.7. The van der Waals surface area contributed by atoms with Gasteiger partial charge in [-0.2, -0.15) is 0 Å². The van der Waals surface area contributed by atoms with Gasteiger partial charge in [0, 0.05) is 10.6 Å². The number of benzene rings is 2. The van der Waals surface area contributed by atoms with E-state index in [0.717, 1.165) is 10.5 Å². The lowest BCUT2D eigenvalue weighted by Crippen LogP contribution is -2.39. The van der Waals surface area contributed by atoms with Crippen molar-refractivity contribution in [3.8, 4) is 0 Å². The molecule has 0 aliphatic rings. The van der Waals surface area contributed by atoms with Crippen LogP contribution in [-0.2, 0) is 11.3 Å². The third kappa shape index (κ3) is 5.79. The van der Waals surface area contributed by atoms with E-state index < -0.39 is 6.09 Å². The SMILES string of the molecule is O=C(N[C@H](CO)CSc1ccccc1)OCc1ccccc1. The van der Waals surface area contributed by atoms with Gasteiger partial charge in [0.15, 0.2) is 0 Å². The number of amides is 1. The third-order valence-corrected chi connectivity index (χ3v) is 4.12. The Morgan fingerprint density at radius 3 is 2.36 bits per heavy atom. The van der Waals surface area contributed by atoms with Crippen molar-refractivity contribution >= 4 is 17.9 Å². The predicted octanol–water partition coefficient (Wildman–Crippen LogP) is 3.07. The number of thioether (sulfide) groups is 1. The van der Waals surface area contributed by atoms with E-state index in [4.69, 9.17) is 4.74 Å². The third-order valence-electron chi connectivity index (χ3n) is 2.95. The normalized spacial score (nSPS) is 11.7. The molecule has 5 heteroatoms. The van der Waals surface area contributed by atoms with E-state index in [0.29, 0.717) is 5.75 Å². The Morgan fingerprint density at radius 2 is 1.73 bits per heavy atom. The number of aliphatic hydroxyl groups is 1. The molecule has 0 heterocycles. The van der Waals surface area contributed by atoms with E-state index in [1.165, 1.54) is 0 Å². The summed E-state index contributed by atoms with van der Waals surface area (Å²) in [6.45, 7) is 0.0942. The minimum Gasteiger partial charge on any atom is -0.445 e. The summed E-state index contributed by atoms with van der Waals surface area (Å²) in [5.41, 5.74) is 0.928. The van der Waals surface area contributed by atoms with Gasteiger partial charge < -0.3 is 15.2 Å². The summed E-state index contributed by atoms with van der Waals surface area (Å²) in [5.74, 6) is 0.584. The highest BCUT2D eigenvalue weighted by atomic mass is 32.2. The Morgan fingerprint density at radius 1 is 1.09 bits per heavy atom. The van der Waals surface area contributed by atoms with Crippen molar-refractivity contribution in [2.24, 2.45) is 0 Å². The summed E-state index contributed by atoms with van der Waals surface area (Å²) in [6, 6.07) is 19.0. The molecule has 2 rings (SSSR count). The van der Waals surface area contributed by atoms with Crippen molar-refractivity contribution in [3.63, 3.8) is 0 Å². The first-order chi connectivity index (χ1) is 10.8. The van der Waals surface area contributed by atoms with Crippen LogP contribution in [0.5, 0.6) is 0 Å². The van der Waals surface area contributed by atoms with Crippen molar-refractivity contribution in [3.05, 3.63) is 66.2 Å². The first kappa shape index (κ1) is 16.4. The molecule has 0 saturated carbocycles. The van der Waals surface area contributed by atoms with Crippen LogP contribution in [0, 0.1) is 0 Å². The number of hydrogen-bond acceptors (Lipinski definition) is 4. The smallest absolute Gasteiger partial charge is 0.407 e. The van der Waals surface area contributed by atoms with Gasteiger partial charge >= 0.3 is 6.09 Å². The molecule has 0 fully saturated rings. The van der Waals surface area contributed by atoms with Gasteiger partial charge in [-0.1, -0.05) is 48.5 Å². The van der Waals surface area contributed by atoms with Crippen LogP contribution in [0.4, 0.5) is 4.79 Å². The molecule has 0 saturated heterocycles. The van der Waals surface area contributed by atoms with Gasteiger partial charge in [-0.25, -0.2) is 4.79 Å². The molecule has 0 unspecified atom stereocenters. The Hall–Kier alpha value is -1.98. The zero-order valence-corrected chi connectivity index (χ0v) is 13.0. The molecule has 22 heavy (non-hydrogen) atoms. The number of rotatable bonds is 7. The van der Waals surface area contributed by atoms with Crippen LogP contribution in [0.3, 0.4) is 0 Å². The maximum Gasteiger partial charge on any atom is 0.407 e. The van der Waals surface area contributed by atoms with Gasteiger partial charge in [0.2, 0.25) is 0 Å². The van der Waals surface area contributed by atoms with Gasteiger partial charge in [-0.05, 0) is 17.7 Å². The van der Waals surface area contributed by atoms with Gasteiger partial charge in [-0.15, -0.1) is 11.8 Å². The predicted molar refractivity (Wildman–Crippen MR) is 87.8 cm³/mol. The molecule has 0 aliphatic heterocycles. The standard InChI is InChI=1S/C17H19NO3S/c19-11-15(13-22-16-9-5-2-6-10-16)18-17(20)21-12-14-7-3-1-4-8-14/h1-10,15,19H,11-13H2,(H,18,20)/t15-/m1/s1. The van der Waals surface area contributed by atoms with Crippen molar-refractivity contribution in [1.29, 1.82) is 0 Å². The zero-order chi connectivity index (χ0) is 15.6. The molecule has 0 bridgehead atoms. The number of carbonyl (C=O) groups excluding carboxylic acids is 1. The first-order valence-corrected chi connectivity index (χ1v) is 8.02. The molecule has 116 valence electrons. The zero-order valence-electron chi connectivity index (χ0n) is 12.1. The van der Waals surface area contributed by atoms with Crippen molar-refractivity contribution in [1.82, 2.24) is 5.32 Å². The summed E-state index contributed by atoms with van der Waals surface area (Å²) in [6.07, 6.45) is -0.517. The number of aliphatic hydroxyl groups excluding tert-OH is 1. The molecule has 0 aliphatic carbocycles. The fourth-order valence-electron chi connectivity index (χ4n) is 1.79. The molecule has 2 N–H and O–H groups in total. The molecular weight excluding hydrogens is 298 g/mol. The molecule has 0 aromatic heterocycles. The van der Waals surface area contributed by atoms with Crippen molar-refractivity contribution in [2.45, 2.75) is 17.5 Å². The lowest BCUT2D eigenvalue weighted by Gasteiger charge is -2.16. The van der Waals surface area contributed by atoms with E-state index in [1.807, 2.05) is 60.7 Å². The number of nitrogens with one attached hydrogen (secondary N) is 1. The quantitative estimate of drug-likeness (QED) is 0.771. The van der Waals surface area contributed by atoms with Crippen LogP contribution < -0.4 is 5.32 Å². The van der Waals surface area contributed by atoms with E-state index in [2.05, 4.69) is 5.32 Å². The Bertz CT molecular complexity index is 563. The number of alkyl carbamates (subject to hydrolysis) is 1. The summed E-state index contributed by atoms with van der Waals surface area (Å²) < 4.78 is 5.14. The topological polar surface area (TPSA) is 58.6 Å². The average molecular weight is 317 g/mol. The number of hydrogen-bond donors (Lipinski definition) is 2. The van der Waals surface area contributed by atoms with Gasteiger partial charge in [0.1, 0.15) is 6.61 Å². The molecule has 2 aromatic carbocycles. The summed E-state index contributed by atoms with van der Waals surface area (Å²) in [7, 11) is 0. The Kier molecular flexibility index (Phi) is 6.80. The lowest BCUT2D eigenvalue weighted by molar-refractivity contribution is 0.131. The molecule has 0 radical (unpaired) electrons. The molecule has 1 atom stereocenters. The van der Waals surface area contributed by atoms with Crippen LogP contribution in [0.1, 0.15) is 5.56 Å². The van der Waals surface area contributed by atoms with Crippen LogP contribution in [0.25, 0.3) is 0 Å². The molecule has 1 amide bonds. The minimum atomic E-state index is -0.517. The second kappa shape index (κ2) is 9.12. The van der Waals surface area contributed by atoms with E-state index in [9.17, 15) is 9.90 Å². The second-order valence-electron chi connectivity index (χ2n) is 4.71. The van der Waals surface area contributed by atoms with Gasteiger partial charge in [-0.3, -0.25) is 0 Å². The van der Waals surface area contributed by atoms with Crippen LogP contribution in [-0.4, -0.2) is 29.6 Å². The molecule has 0 spiro atoms. The summed E-state index contributed by atoms with van der Waals surface area (Å²) >= 11 is 1.58. The highest BCUT2D eigenvalue weighted by Gasteiger charge is 2.12. The van der Waals surface area contributed by atoms with Gasteiger partial charge in [0.05, 0.1) is 12.6 Å². The van der Waals surface area contributed by atoms with E-state index >= 15 is 0 Å². The highest BCUT2D eigenvalue weighted by Crippen LogP contribution is 2.17. The largest absolute Gasteiger partial charge is 0.445 e. The number of carbonyl (C=O) groups is 1. The van der Waals surface area contributed by atoms with Crippen LogP contribution >= 0.6 is 11.8 Å². The monoisotopic (exact) mass is 317 g/mol. The average Bonchev–Trinajstić information content (AvgIpc) is 2.58. The van der Waals surface area contributed by atoms with Gasteiger partial charge in [0.25, 0.3) is 0 Å². The summed E-state index contributed by atoms with van der Waals surface area (Å²) in [4.78, 5) is 12.8. The second-order valence-corrected chi connectivity index (χ2v) is 5.80.